The van der Waals surface area contributed by atoms with Crippen LogP contribution in [-0.2, 0) is 4.79 Å². The van der Waals surface area contributed by atoms with Crippen LogP contribution >= 0.6 is 22.9 Å². The Kier molecular flexibility index (Phi) is 4.33. The van der Waals surface area contributed by atoms with Gasteiger partial charge in [0.25, 0.3) is 0 Å². The SMILES string of the molecule is CC(C)[C@H](C(=O)O)c1nc(Cl)c2cc(-c3ccccc3)sc2n1. The van der Waals surface area contributed by atoms with Crippen LogP contribution in [0.25, 0.3) is 20.7 Å². The van der Waals surface area contributed by atoms with Gasteiger partial charge in [-0.1, -0.05) is 55.8 Å². The standard InChI is InChI=1S/C17H15ClN2O2S/c1-9(2)13(17(21)22)15-19-14(18)11-8-12(23-16(11)20-15)10-6-4-3-5-7-10/h3-9,13H,1-2H3,(H,21,22)/t13-/m0/s1. The van der Waals surface area contributed by atoms with Gasteiger partial charge in [-0.2, -0.15) is 0 Å². The van der Waals surface area contributed by atoms with Gasteiger partial charge in [0.15, 0.2) is 0 Å². The van der Waals surface area contributed by atoms with Crippen molar-refractivity contribution in [3.8, 4) is 10.4 Å². The monoisotopic (exact) mass is 346 g/mol. The smallest absolute Gasteiger partial charge is 0.314 e. The number of thiophene rings is 1. The molecule has 1 aromatic carbocycles. The first-order chi connectivity index (χ1) is 11.0. The van der Waals surface area contributed by atoms with E-state index in [9.17, 15) is 9.90 Å². The average Bonchev–Trinajstić information content (AvgIpc) is 2.92. The van der Waals surface area contributed by atoms with Crippen molar-refractivity contribution in [2.45, 2.75) is 19.8 Å². The second kappa shape index (κ2) is 6.26. The maximum Gasteiger partial charge on any atom is 0.314 e. The van der Waals surface area contributed by atoms with Crippen LogP contribution in [0, 0.1) is 5.92 Å². The molecule has 0 unspecified atom stereocenters. The van der Waals surface area contributed by atoms with Crippen LogP contribution in [0.5, 0.6) is 0 Å². The molecule has 0 bridgehead atoms. The van der Waals surface area contributed by atoms with Gasteiger partial charge in [-0.15, -0.1) is 11.3 Å². The Bertz CT molecular complexity index is 862. The van der Waals surface area contributed by atoms with E-state index in [1.165, 1.54) is 11.3 Å². The molecule has 4 nitrogen and oxygen atoms in total. The molecule has 1 atom stereocenters. The quantitative estimate of drug-likeness (QED) is 0.687. The molecule has 0 aliphatic rings. The second-order valence-electron chi connectivity index (χ2n) is 5.63. The Morgan fingerprint density at radius 3 is 2.52 bits per heavy atom. The summed E-state index contributed by atoms with van der Waals surface area (Å²) < 4.78 is 0. The fraction of sp³-hybridized carbons (Fsp3) is 0.235. The van der Waals surface area contributed by atoms with E-state index in [4.69, 9.17) is 11.6 Å². The Morgan fingerprint density at radius 2 is 1.91 bits per heavy atom. The molecule has 1 N–H and O–H groups in total. The van der Waals surface area contributed by atoms with E-state index in [-0.39, 0.29) is 11.7 Å². The minimum atomic E-state index is -0.935. The summed E-state index contributed by atoms with van der Waals surface area (Å²) in [5, 5.41) is 10.5. The van der Waals surface area contributed by atoms with E-state index >= 15 is 0 Å². The zero-order valence-corrected chi connectivity index (χ0v) is 14.2. The topological polar surface area (TPSA) is 63.1 Å². The summed E-state index contributed by atoms with van der Waals surface area (Å²) >= 11 is 7.77. The fourth-order valence-electron chi connectivity index (χ4n) is 2.48. The van der Waals surface area contributed by atoms with Crippen molar-refractivity contribution in [1.29, 1.82) is 0 Å². The lowest BCUT2D eigenvalue weighted by Crippen LogP contribution is -2.20. The Labute approximate surface area is 142 Å². The number of aromatic nitrogens is 2. The van der Waals surface area contributed by atoms with Crippen molar-refractivity contribution in [1.82, 2.24) is 9.97 Å². The first kappa shape index (κ1) is 15.9. The zero-order valence-electron chi connectivity index (χ0n) is 12.7. The largest absolute Gasteiger partial charge is 0.481 e. The van der Waals surface area contributed by atoms with Gasteiger partial charge in [-0.3, -0.25) is 4.79 Å². The molecule has 118 valence electrons. The molecule has 2 heterocycles. The Balaban J connectivity index is 2.13. The van der Waals surface area contributed by atoms with Gasteiger partial charge in [0.2, 0.25) is 0 Å². The lowest BCUT2D eigenvalue weighted by molar-refractivity contribution is -0.140. The van der Waals surface area contributed by atoms with Crippen molar-refractivity contribution < 1.29 is 9.90 Å². The van der Waals surface area contributed by atoms with Gasteiger partial charge in [-0.25, -0.2) is 9.97 Å². The second-order valence-corrected chi connectivity index (χ2v) is 7.02. The minimum absolute atomic E-state index is 0.116. The highest BCUT2D eigenvalue weighted by Gasteiger charge is 2.28. The predicted molar refractivity (Wildman–Crippen MR) is 93.1 cm³/mol. The van der Waals surface area contributed by atoms with E-state index < -0.39 is 11.9 Å². The zero-order chi connectivity index (χ0) is 16.6. The summed E-state index contributed by atoms with van der Waals surface area (Å²) in [6, 6.07) is 11.9. The van der Waals surface area contributed by atoms with Crippen LogP contribution in [0.4, 0.5) is 0 Å². The van der Waals surface area contributed by atoms with Crippen LogP contribution in [0.15, 0.2) is 36.4 Å². The lowest BCUT2D eigenvalue weighted by Gasteiger charge is -2.14. The summed E-state index contributed by atoms with van der Waals surface area (Å²) in [7, 11) is 0. The highest BCUT2D eigenvalue weighted by molar-refractivity contribution is 7.21. The summed E-state index contributed by atoms with van der Waals surface area (Å²) in [4.78, 5) is 21.9. The molecule has 3 rings (SSSR count). The maximum absolute atomic E-state index is 11.5. The van der Waals surface area contributed by atoms with Crippen molar-refractivity contribution in [3.63, 3.8) is 0 Å². The van der Waals surface area contributed by atoms with Gasteiger partial charge in [0, 0.05) is 10.3 Å². The molecule has 0 saturated carbocycles. The summed E-state index contributed by atoms with van der Waals surface area (Å²) in [5.41, 5.74) is 1.08. The number of carboxylic acid groups (broad SMARTS) is 1. The molecular formula is C17H15ClN2O2S. The van der Waals surface area contributed by atoms with E-state index in [1.807, 2.05) is 50.2 Å². The molecule has 0 saturated heterocycles. The first-order valence-electron chi connectivity index (χ1n) is 7.22. The van der Waals surface area contributed by atoms with Gasteiger partial charge in [-0.05, 0) is 17.5 Å². The van der Waals surface area contributed by atoms with E-state index in [2.05, 4.69) is 9.97 Å². The molecule has 0 radical (unpaired) electrons. The van der Waals surface area contributed by atoms with E-state index in [1.54, 1.807) is 0 Å². The summed E-state index contributed by atoms with van der Waals surface area (Å²) in [5.74, 6) is -1.55. The van der Waals surface area contributed by atoms with Gasteiger partial charge in [0.1, 0.15) is 21.7 Å². The first-order valence-corrected chi connectivity index (χ1v) is 8.42. The molecule has 0 spiro atoms. The predicted octanol–water partition coefficient (Wildman–Crippen LogP) is 4.84. The van der Waals surface area contributed by atoms with E-state index in [0.29, 0.717) is 9.98 Å². The Morgan fingerprint density at radius 1 is 1.22 bits per heavy atom. The molecule has 0 aliphatic carbocycles. The number of benzene rings is 1. The molecule has 2 aromatic heterocycles. The van der Waals surface area contributed by atoms with Crippen molar-refractivity contribution in [2.24, 2.45) is 5.92 Å². The fourth-order valence-corrected chi connectivity index (χ4v) is 3.81. The van der Waals surface area contributed by atoms with Crippen molar-refractivity contribution in [2.75, 3.05) is 0 Å². The number of carboxylic acids is 1. The third kappa shape index (κ3) is 3.07. The lowest BCUT2D eigenvalue weighted by atomic mass is 9.95. The number of hydrogen-bond acceptors (Lipinski definition) is 4. The van der Waals surface area contributed by atoms with Gasteiger partial charge >= 0.3 is 5.97 Å². The van der Waals surface area contributed by atoms with Gasteiger partial charge in [0.05, 0.1) is 0 Å². The van der Waals surface area contributed by atoms with Crippen LogP contribution in [0.2, 0.25) is 5.15 Å². The van der Waals surface area contributed by atoms with Crippen LogP contribution in [0.1, 0.15) is 25.6 Å². The molecular weight excluding hydrogens is 332 g/mol. The number of fused-ring (bicyclic) bond motifs is 1. The number of halogens is 1. The van der Waals surface area contributed by atoms with E-state index in [0.717, 1.165) is 15.8 Å². The molecule has 6 heteroatoms. The third-order valence-corrected chi connectivity index (χ3v) is 5.00. The molecule has 0 fully saturated rings. The number of nitrogens with zero attached hydrogens (tertiary/aromatic N) is 2. The Hall–Kier alpha value is -1.98. The number of rotatable bonds is 4. The van der Waals surface area contributed by atoms with Crippen molar-refractivity contribution >= 4 is 39.1 Å². The highest BCUT2D eigenvalue weighted by atomic mass is 35.5. The average molecular weight is 347 g/mol. The molecule has 0 amide bonds. The normalized spacial score (nSPS) is 12.7. The molecule has 23 heavy (non-hydrogen) atoms. The highest BCUT2D eigenvalue weighted by Crippen LogP contribution is 2.36. The van der Waals surface area contributed by atoms with Gasteiger partial charge < -0.3 is 5.11 Å². The molecule has 0 aliphatic heterocycles. The van der Waals surface area contributed by atoms with Crippen LogP contribution < -0.4 is 0 Å². The summed E-state index contributed by atoms with van der Waals surface area (Å²) in [6.07, 6.45) is 0. The third-order valence-electron chi connectivity index (χ3n) is 3.63. The number of carbonyl (C=O) groups is 1. The number of aliphatic carboxylic acids is 1. The van der Waals surface area contributed by atoms with Crippen LogP contribution in [0.3, 0.4) is 0 Å². The summed E-state index contributed by atoms with van der Waals surface area (Å²) in [6.45, 7) is 3.67. The molecule has 3 aromatic rings. The maximum atomic E-state index is 11.5. The number of hydrogen-bond donors (Lipinski definition) is 1. The van der Waals surface area contributed by atoms with Crippen LogP contribution in [-0.4, -0.2) is 21.0 Å². The van der Waals surface area contributed by atoms with Crippen molar-refractivity contribution in [3.05, 3.63) is 47.4 Å². The minimum Gasteiger partial charge on any atom is -0.481 e.